The lowest BCUT2D eigenvalue weighted by atomic mass is 10.00. The fraction of sp³-hybridized carbons (Fsp3) is 0.562. The van der Waals surface area contributed by atoms with Gasteiger partial charge in [0.15, 0.2) is 11.5 Å². The number of nitrogens with one attached hydrogen (secondary N) is 1. The van der Waals surface area contributed by atoms with Gasteiger partial charge in [0, 0.05) is 30.3 Å². The first kappa shape index (κ1) is 19.4. The zero-order chi connectivity index (χ0) is 16.1. The molecule has 1 aromatic rings. The lowest BCUT2D eigenvalue weighted by Gasteiger charge is -2.17. The van der Waals surface area contributed by atoms with Gasteiger partial charge < -0.3 is 25.3 Å². The summed E-state index contributed by atoms with van der Waals surface area (Å²) in [4.78, 5) is 12.2. The molecule has 0 saturated heterocycles. The third kappa shape index (κ3) is 4.65. The molecule has 1 aromatic carbocycles. The van der Waals surface area contributed by atoms with Crippen molar-refractivity contribution in [2.24, 2.45) is 11.7 Å². The molecule has 130 valence electrons. The smallest absolute Gasteiger partial charge is 0.224 e. The van der Waals surface area contributed by atoms with Crippen molar-refractivity contribution in [1.82, 2.24) is 0 Å². The van der Waals surface area contributed by atoms with E-state index >= 15 is 0 Å². The second kappa shape index (κ2) is 8.84. The highest BCUT2D eigenvalue weighted by Gasteiger charge is 2.26. The van der Waals surface area contributed by atoms with E-state index in [-0.39, 0.29) is 30.3 Å². The van der Waals surface area contributed by atoms with Crippen LogP contribution in [-0.4, -0.2) is 33.3 Å². The predicted molar refractivity (Wildman–Crippen MR) is 91.9 cm³/mol. The van der Waals surface area contributed by atoms with E-state index in [2.05, 4.69) is 5.32 Å². The number of methoxy groups -OCH3 is 3. The van der Waals surface area contributed by atoms with E-state index in [0.29, 0.717) is 29.4 Å². The van der Waals surface area contributed by atoms with Crippen molar-refractivity contribution in [3.8, 4) is 17.2 Å². The standard InChI is InChI=1S/C16H24N2O4.ClH/c1-20-13-8-11(9-14(21-2)16(13)22-3)18-15(19)7-10-5-4-6-12(10)17;/h8-10,12H,4-7,17H2,1-3H3,(H,18,19);1H/t10-,12+;/m0./s1. The van der Waals surface area contributed by atoms with Crippen LogP contribution in [0.4, 0.5) is 5.69 Å². The summed E-state index contributed by atoms with van der Waals surface area (Å²) in [6, 6.07) is 3.56. The van der Waals surface area contributed by atoms with Crippen molar-refractivity contribution in [2.45, 2.75) is 31.7 Å². The van der Waals surface area contributed by atoms with Crippen molar-refractivity contribution in [3.05, 3.63) is 12.1 Å². The summed E-state index contributed by atoms with van der Waals surface area (Å²) >= 11 is 0. The molecule has 6 nitrogen and oxygen atoms in total. The average Bonchev–Trinajstić information content (AvgIpc) is 2.91. The third-order valence-electron chi connectivity index (χ3n) is 4.11. The topological polar surface area (TPSA) is 82.8 Å². The highest BCUT2D eigenvalue weighted by Crippen LogP contribution is 2.40. The Morgan fingerprint density at radius 3 is 2.22 bits per heavy atom. The molecule has 1 fully saturated rings. The number of amides is 1. The molecule has 7 heteroatoms. The minimum Gasteiger partial charge on any atom is -0.493 e. The second-order valence-corrected chi connectivity index (χ2v) is 5.52. The van der Waals surface area contributed by atoms with Gasteiger partial charge in [0.25, 0.3) is 0 Å². The lowest BCUT2D eigenvalue weighted by Crippen LogP contribution is -2.28. The molecule has 3 N–H and O–H groups in total. The minimum atomic E-state index is -0.0448. The second-order valence-electron chi connectivity index (χ2n) is 5.52. The molecule has 0 bridgehead atoms. The van der Waals surface area contributed by atoms with Crippen molar-refractivity contribution in [1.29, 1.82) is 0 Å². The monoisotopic (exact) mass is 344 g/mol. The Morgan fingerprint density at radius 1 is 1.17 bits per heavy atom. The number of carbonyl (C=O) groups excluding carboxylic acids is 1. The molecule has 2 rings (SSSR count). The molecule has 1 aliphatic rings. The maximum atomic E-state index is 12.2. The van der Waals surface area contributed by atoms with Gasteiger partial charge in [-0.3, -0.25) is 4.79 Å². The van der Waals surface area contributed by atoms with Crippen LogP contribution in [0.3, 0.4) is 0 Å². The molecule has 0 spiro atoms. The lowest BCUT2D eigenvalue weighted by molar-refractivity contribution is -0.117. The first-order valence-electron chi connectivity index (χ1n) is 7.44. The third-order valence-corrected chi connectivity index (χ3v) is 4.11. The van der Waals surface area contributed by atoms with E-state index < -0.39 is 0 Å². The van der Waals surface area contributed by atoms with Gasteiger partial charge in [-0.15, -0.1) is 12.4 Å². The van der Waals surface area contributed by atoms with Gasteiger partial charge in [-0.25, -0.2) is 0 Å². The van der Waals surface area contributed by atoms with E-state index in [1.165, 1.54) is 0 Å². The van der Waals surface area contributed by atoms with Crippen LogP contribution < -0.4 is 25.3 Å². The summed E-state index contributed by atoms with van der Waals surface area (Å²) in [5, 5.41) is 2.88. The van der Waals surface area contributed by atoms with Crippen molar-refractivity contribution < 1.29 is 19.0 Å². The SMILES string of the molecule is COc1cc(NC(=O)C[C@@H]2CCC[C@H]2N)cc(OC)c1OC.Cl. The van der Waals surface area contributed by atoms with Gasteiger partial charge in [0.1, 0.15) is 0 Å². The van der Waals surface area contributed by atoms with Gasteiger partial charge in [-0.1, -0.05) is 6.42 Å². The number of nitrogens with two attached hydrogens (primary N) is 1. The van der Waals surface area contributed by atoms with E-state index in [1.807, 2.05) is 0 Å². The number of ether oxygens (including phenoxy) is 3. The minimum absolute atomic E-state index is 0. The summed E-state index contributed by atoms with van der Waals surface area (Å²) in [5.41, 5.74) is 6.63. The fourth-order valence-corrected chi connectivity index (χ4v) is 2.92. The Bertz CT molecular complexity index is 514. The van der Waals surface area contributed by atoms with E-state index in [4.69, 9.17) is 19.9 Å². The van der Waals surface area contributed by atoms with Crippen LogP contribution in [0.2, 0.25) is 0 Å². The Kier molecular flexibility index (Phi) is 7.45. The Morgan fingerprint density at radius 2 is 1.78 bits per heavy atom. The van der Waals surface area contributed by atoms with Gasteiger partial charge in [0.05, 0.1) is 21.3 Å². The number of hydrogen-bond donors (Lipinski definition) is 2. The van der Waals surface area contributed by atoms with Crippen LogP contribution in [0.1, 0.15) is 25.7 Å². The van der Waals surface area contributed by atoms with Crippen LogP contribution in [0.5, 0.6) is 17.2 Å². The van der Waals surface area contributed by atoms with Gasteiger partial charge >= 0.3 is 0 Å². The normalized spacial score (nSPS) is 19.7. The number of carbonyl (C=O) groups is 1. The maximum absolute atomic E-state index is 12.2. The zero-order valence-electron chi connectivity index (χ0n) is 13.8. The van der Waals surface area contributed by atoms with E-state index in [9.17, 15) is 4.79 Å². The summed E-state index contributed by atoms with van der Waals surface area (Å²) in [6.45, 7) is 0. The highest BCUT2D eigenvalue weighted by molar-refractivity contribution is 5.91. The Balaban J connectivity index is 0.00000264. The van der Waals surface area contributed by atoms with Crippen LogP contribution in [-0.2, 0) is 4.79 Å². The number of rotatable bonds is 6. The fourth-order valence-electron chi connectivity index (χ4n) is 2.92. The average molecular weight is 345 g/mol. The Hall–Kier alpha value is -1.66. The van der Waals surface area contributed by atoms with E-state index in [0.717, 1.165) is 19.3 Å². The van der Waals surface area contributed by atoms with Crippen molar-refractivity contribution in [2.75, 3.05) is 26.6 Å². The van der Waals surface area contributed by atoms with Crippen molar-refractivity contribution in [3.63, 3.8) is 0 Å². The summed E-state index contributed by atoms with van der Waals surface area (Å²) in [5.74, 6) is 1.74. The molecule has 0 aliphatic heterocycles. The predicted octanol–water partition coefficient (Wildman–Crippen LogP) is 2.59. The number of halogens is 1. The van der Waals surface area contributed by atoms with Crippen LogP contribution in [0.15, 0.2) is 12.1 Å². The molecule has 0 unspecified atom stereocenters. The molecule has 1 amide bonds. The Labute approximate surface area is 143 Å². The molecule has 0 heterocycles. The first-order valence-corrected chi connectivity index (χ1v) is 7.44. The molecular formula is C16H25ClN2O4. The van der Waals surface area contributed by atoms with Crippen LogP contribution in [0.25, 0.3) is 0 Å². The van der Waals surface area contributed by atoms with Gasteiger partial charge in [0.2, 0.25) is 11.7 Å². The van der Waals surface area contributed by atoms with Crippen LogP contribution >= 0.6 is 12.4 Å². The van der Waals surface area contributed by atoms with E-state index in [1.54, 1.807) is 33.5 Å². The summed E-state index contributed by atoms with van der Waals surface area (Å²) in [7, 11) is 4.63. The highest BCUT2D eigenvalue weighted by atomic mass is 35.5. The number of anilines is 1. The molecule has 1 aliphatic carbocycles. The number of hydrogen-bond acceptors (Lipinski definition) is 5. The largest absolute Gasteiger partial charge is 0.493 e. The van der Waals surface area contributed by atoms with Gasteiger partial charge in [-0.2, -0.15) is 0 Å². The van der Waals surface area contributed by atoms with Crippen LogP contribution in [0, 0.1) is 5.92 Å². The molecule has 0 aromatic heterocycles. The molecule has 2 atom stereocenters. The maximum Gasteiger partial charge on any atom is 0.224 e. The summed E-state index contributed by atoms with van der Waals surface area (Å²) in [6.07, 6.45) is 3.56. The quantitative estimate of drug-likeness (QED) is 0.828. The molecular weight excluding hydrogens is 320 g/mol. The molecule has 0 radical (unpaired) electrons. The van der Waals surface area contributed by atoms with Gasteiger partial charge in [-0.05, 0) is 18.8 Å². The number of benzene rings is 1. The summed E-state index contributed by atoms with van der Waals surface area (Å²) < 4.78 is 15.8. The molecule has 23 heavy (non-hydrogen) atoms. The first-order chi connectivity index (χ1) is 10.6. The zero-order valence-corrected chi connectivity index (χ0v) is 14.6. The van der Waals surface area contributed by atoms with Crippen molar-refractivity contribution >= 4 is 24.0 Å². The molecule has 1 saturated carbocycles.